The van der Waals surface area contributed by atoms with Crippen LogP contribution in [0.15, 0.2) is 36.4 Å². The van der Waals surface area contributed by atoms with E-state index in [0.717, 1.165) is 0 Å². The summed E-state index contributed by atoms with van der Waals surface area (Å²) in [4.78, 5) is 47.9. The van der Waals surface area contributed by atoms with Gasteiger partial charge in [-0.1, -0.05) is 23.3 Å². The van der Waals surface area contributed by atoms with Gasteiger partial charge in [-0.2, -0.15) is 0 Å². The first kappa shape index (κ1) is 17.9. The number of nitrogen functional groups attached to an aromatic ring is 2. The Kier molecular flexibility index (Phi) is 4.97. The highest BCUT2D eigenvalue weighted by atomic mass is 16.6. The summed E-state index contributed by atoms with van der Waals surface area (Å²) in [6.07, 6.45) is 0. The number of rotatable bonds is 4. The molecule has 0 atom stereocenters. The molecule has 0 spiro atoms. The van der Waals surface area contributed by atoms with Gasteiger partial charge in [0, 0.05) is 11.4 Å². The average molecular weight is 340 g/mol. The van der Waals surface area contributed by atoms with Crippen LogP contribution in [0.5, 0.6) is 0 Å². The first-order valence-electron chi connectivity index (χ1n) is 7.28. The molecule has 0 heterocycles. The number of aryl methyl sites for hydroxylation is 2. The maximum absolute atomic E-state index is 12.1. The molecule has 4 N–H and O–H groups in total. The number of hydrogen-bond acceptors (Lipinski definition) is 7. The van der Waals surface area contributed by atoms with E-state index in [0.29, 0.717) is 11.1 Å². The van der Waals surface area contributed by atoms with E-state index in [2.05, 4.69) is 4.74 Å². The normalized spacial score (nSPS) is 10.2. The minimum Gasteiger partial charge on any atom is -0.398 e. The van der Waals surface area contributed by atoms with Crippen molar-refractivity contribution in [3.63, 3.8) is 0 Å². The van der Waals surface area contributed by atoms with Crippen molar-refractivity contribution >= 4 is 34.9 Å². The second-order valence-electron chi connectivity index (χ2n) is 5.52. The summed E-state index contributed by atoms with van der Waals surface area (Å²) in [5.41, 5.74) is 12.6. The van der Waals surface area contributed by atoms with Crippen LogP contribution in [0.2, 0.25) is 0 Å². The van der Waals surface area contributed by atoms with Crippen LogP contribution in [-0.4, -0.2) is 23.5 Å². The molecule has 0 saturated heterocycles. The van der Waals surface area contributed by atoms with Gasteiger partial charge in [-0.3, -0.25) is 9.59 Å². The Labute approximate surface area is 143 Å². The van der Waals surface area contributed by atoms with Gasteiger partial charge in [0.25, 0.3) is 11.6 Å². The van der Waals surface area contributed by atoms with Crippen molar-refractivity contribution in [2.24, 2.45) is 0 Å². The quantitative estimate of drug-likeness (QED) is 0.284. The van der Waals surface area contributed by atoms with E-state index >= 15 is 0 Å². The lowest BCUT2D eigenvalue weighted by Crippen LogP contribution is -2.27. The van der Waals surface area contributed by atoms with Crippen molar-refractivity contribution in [3.8, 4) is 0 Å². The molecule has 2 rings (SSSR count). The third kappa shape index (κ3) is 3.89. The minimum atomic E-state index is -1.48. The molecule has 0 aliphatic carbocycles. The average Bonchev–Trinajstić information content (AvgIpc) is 2.57. The van der Waals surface area contributed by atoms with Gasteiger partial charge in [-0.15, -0.1) is 0 Å². The highest BCUT2D eigenvalue weighted by molar-refractivity contribution is 6.49. The largest absolute Gasteiger partial charge is 0.398 e. The van der Waals surface area contributed by atoms with E-state index in [4.69, 9.17) is 11.5 Å². The van der Waals surface area contributed by atoms with Gasteiger partial charge in [-0.25, -0.2) is 9.59 Å². The van der Waals surface area contributed by atoms with Crippen LogP contribution in [0, 0.1) is 13.8 Å². The molecule has 7 heteroatoms. The number of benzene rings is 2. The standard InChI is InChI=1S/C18H16N2O5/c1-9-3-5-13(19)11(7-9)15(21)17(23)25-18(24)16(22)12-8-10(2)4-6-14(12)20/h3-8H,19-20H2,1-2H3. The van der Waals surface area contributed by atoms with Gasteiger partial charge in [0.05, 0.1) is 11.1 Å². The van der Waals surface area contributed by atoms with Gasteiger partial charge < -0.3 is 16.2 Å². The highest BCUT2D eigenvalue weighted by Gasteiger charge is 2.28. The van der Waals surface area contributed by atoms with Crippen LogP contribution in [0.25, 0.3) is 0 Å². The van der Waals surface area contributed by atoms with Gasteiger partial charge in [0.15, 0.2) is 0 Å². The Balaban J connectivity index is 2.18. The first-order valence-corrected chi connectivity index (χ1v) is 7.28. The van der Waals surface area contributed by atoms with E-state index < -0.39 is 23.5 Å². The smallest absolute Gasteiger partial charge is 0.387 e. The number of carbonyl (C=O) groups excluding carboxylic acids is 4. The number of ketones is 2. The predicted molar refractivity (Wildman–Crippen MR) is 90.9 cm³/mol. The summed E-state index contributed by atoms with van der Waals surface area (Å²) >= 11 is 0. The maximum Gasteiger partial charge on any atom is 0.387 e. The van der Waals surface area contributed by atoms with Crippen molar-refractivity contribution in [1.82, 2.24) is 0 Å². The fourth-order valence-electron chi connectivity index (χ4n) is 2.13. The molecule has 0 unspecified atom stereocenters. The van der Waals surface area contributed by atoms with Gasteiger partial charge in [-0.05, 0) is 38.1 Å². The van der Waals surface area contributed by atoms with Crippen LogP contribution in [-0.2, 0) is 14.3 Å². The summed E-state index contributed by atoms with van der Waals surface area (Å²) in [5, 5.41) is 0. The fourth-order valence-corrected chi connectivity index (χ4v) is 2.13. The minimum absolute atomic E-state index is 0.0641. The first-order chi connectivity index (χ1) is 11.7. The summed E-state index contributed by atoms with van der Waals surface area (Å²) < 4.78 is 4.38. The SMILES string of the molecule is Cc1ccc(N)c(C(=O)C(=O)OC(=O)C(=O)c2cc(C)ccc2N)c1. The van der Waals surface area contributed by atoms with E-state index in [1.54, 1.807) is 26.0 Å². The number of Topliss-reactive ketones (excluding diaryl/α,β-unsaturated/α-hetero) is 2. The molecule has 2 aromatic carbocycles. The molecule has 7 nitrogen and oxygen atoms in total. The zero-order valence-corrected chi connectivity index (χ0v) is 13.7. The van der Waals surface area contributed by atoms with Crippen LogP contribution >= 0.6 is 0 Å². The Morgan fingerprint density at radius 1 is 0.720 bits per heavy atom. The molecule has 0 fully saturated rings. The van der Waals surface area contributed by atoms with Crippen LogP contribution < -0.4 is 11.5 Å². The molecule has 0 aliphatic heterocycles. The summed E-state index contributed by atoms with van der Waals surface area (Å²) in [5.74, 6) is -5.19. The fraction of sp³-hybridized carbons (Fsp3) is 0.111. The monoisotopic (exact) mass is 340 g/mol. The summed E-state index contributed by atoms with van der Waals surface area (Å²) in [6.45, 7) is 3.41. The Morgan fingerprint density at radius 3 is 1.44 bits per heavy atom. The molecule has 0 aliphatic rings. The number of ether oxygens (including phenoxy) is 1. The lowest BCUT2D eigenvalue weighted by atomic mass is 10.1. The number of anilines is 2. The summed E-state index contributed by atoms with van der Waals surface area (Å²) in [7, 11) is 0. The highest BCUT2D eigenvalue weighted by Crippen LogP contribution is 2.17. The van der Waals surface area contributed by atoms with E-state index in [1.165, 1.54) is 24.3 Å². The Hall–Kier alpha value is -3.48. The zero-order valence-electron chi connectivity index (χ0n) is 13.7. The Bertz CT molecular complexity index is 829. The molecule has 0 bridgehead atoms. The molecular formula is C18H16N2O5. The topological polar surface area (TPSA) is 130 Å². The van der Waals surface area contributed by atoms with Crippen molar-refractivity contribution in [3.05, 3.63) is 58.7 Å². The molecule has 0 aromatic heterocycles. The Morgan fingerprint density at radius 2 is 1.08 bits per heavy atom. The number of carbonyl (C=O) groups is 4. The number of nitrogens with two attached hydrogens (primary N) is 2. The van der Waals surface area contributed by atoms with Crippen molar-refractivity contribution in [2.75, 3.05) is 11.5 Å². The van der Waals surface area contributed by atoms with Gasteiger partial charge in [0.2, 0.25) is 0 Å². The second-order valence-corrected chi connectivity index (χ2v) is 5.52. The second kappa shape index (κ2) is 6.96. The lowest BCUT2D eigenvalue weighted by molar-refractivity contribution is -0.152. The third-order valence-corrected chi connectivity index (χ3v) is 3.46. The third-order valence-electron chi connectivity index (χ3n) is 3.46. The van der Waals surface area contributed by atoms with Crippen LogP contribution in [0.4, 0.5) is 11.4 Å². The van der Waals surface area contributed by atoms with Crippen LogP contribution in [0.1, 0.15) is 31.8 Å². The molecule has 0 amide bonds. The van der Waals surface area contributed by atoms with E-state index in [-0.39, 0.29) is 22.5 Å². The van der Waals surface area contributed by atoms with E-state index in [9.17, 15) is 19.2 Å². The molecule has 0 radical (unpaired) electrons. The molecule has 128 valence electrons. The van der Waals surface area contributed by atoms with Crippen molar-refractivity contribution in [1.29, 1.82) is 0 Å². The molecule has 2 aromatic rings. The lowest BCUT2D eigenvalue weighted by Gasteiger charge is -2.07. The molecule has 0 saturated carbocycles. The summed E-state index contributed by atoms with van der Waals surface area (Å²) in [6, 6.07) is 9.01. The maximum atomic E-state index is 12.1. The predicted octanol–water partition coefficient (Wildman–Crippen LogP) is 1.60. The van der Waals surface area contributed by atoms with Gasteiger partial charge in [0.1, 0.15) is 0 Å². The zero-order chi connectivity index (χ0) is 18.7. The molecule has 25 heavy (non-hydrogen) atoms. The number of hydrogen-bond donors (Lipinski definition) is 2. The van der Waals surface area contributed by atoms with E-state index in [1.807, 2.05) is 0 Å². The van der Waals surface area contributed by atoms with Crippen molar-refractivity contribution in [2.45, 2.75) is 13.8 Å². The van der Waals surface area contributed by atoms with Gasteiger partial charge >= 0.3 is 11.9 Å². The number of esters is 2. The molecular weight excluding hydrogens is 324 g/mol. The van der Waals surface area contributed by atoms with Crippen LogP contribution in [0.3, 0.4) is 0 Å². The van der Waals surface area contributed by atoms with Crippen molar-refractivity contribution < 1.29 is 23.9 Å².